The molecule has 0 radical (unpaired) electrons. The van der Waals surface area contributed by atoms with Crippen LogP contribution in [0.5, 0.6) is 0 Å². The summed E-state index contributed by atoms with van der Waals surface area (Å²) in [7, 11) is 0. The molecule has 3 aromatic rings. The van der Waals surface area contributed by atoms with Gasteiger partial charge in [0.1, 0.15) is 0 Å². The molecular weight excluding hydrogens is 322 g/mol. The number of pyridine rings is 1. The zero-order chi connectivity index (χ0) is 16.8. The lowest BCUT2D eigenvalue weighted by Gasteiger charge is -2.09. The van der Waals surface area contributed by atoms with Gasteiger partial charge in [0.2, 0.25) is 0 Å². The lowest BCUT2D eigenvalue weighted by molar-refractivity contribution is 0.102. The standard InChI is InChI=1S/C19H16ClN3O/c20-16-5-3-14(4-6-16)12-22-17-7-9-18(10-8-17)23-19(24)15-2-1-11-21-13-15/h1-11,13,22H,12H2,(H,23,24). The largest absolute Gasteiger partial charge is 0.381 e. The fraction of sp³-hybridized carbons (Fsp3) is 0.0526. The second-order valence-corrected chi connectivity index (χ2v) is 5.69. The summed E-state index contributed by atoms with van der Waals surface area (Å²) in [5, 5.41) is 6.90. The minimum atomic E-state index is -0.176. The number of hydrogen-bond acceptors (Lipinski definition) is 3. The molecule has 0 saturated heterocycles. The van der Waals surface area contributed by atoms with E-state index >= 15 is 0 Å². The zero-order valence-electron chi connectivity index (χ0n) is 12.9. The number of carbonyl (C=O) groups excluding carboxylic acids is 1. The number of amides is 1. The van der Waals surface area contributed by atoms with Crippen LogP contribution >= 0.6 is 11.6 Å². The summed E-state index contributed by atoms with van der Waals surface area (Å²) in [5.41, 5.74) is 3.39. The van der Waals surface area contributed by atoms with Gasteiger partial charge in [-0.1, -0.05) is 23.7 Å². The van der Waals surface area contributed by atoms with Crippen LogP contribution < -0.4 is 10.6 Å². The molecule has 0 aliphatic rings. The van der Waals surface area contributed by atoms with E-state index in [2.05, 4.69) is 15.6 Å². The highest BCUT2D eigenvalue weighted by Gasteiger charge is 2.05. The fourth-order valence-corrected chi connectivity index (χ4v) is 2.30. The van der Waals surface area contributed by atoms with Crippen molar-refractivity contribution in [2.75, 3.05) is 10.6 Å². The first-order valence-electron chi connectivity index (χ1n) is 7.50. The van der Waals surface area contributed by atoms with Crippen LogP contribution in [0, 0.1) is 0 Å². The Morgan fingerprint density at radius 1 is 0.958 bits per heavy atom. The SMILES string of the molecule is O=C(Nc1ccc(NCc2ccc(Cl)cc2)cc1)c1cccnc1. The molecular formula is C19H16ClN3O. The summed E-state index contributed by atoms with van der Waals surface area (Å²) in [6, 6.07) is 18.7. The van der Waals surface area contributed by atoms with Gasteiger partial charge in [0.15, 0.2) is 0 Å². The maximum absolute atomic E-state index is 12.1. The highest BCUT2D eigenvalue weighted by atomic mass is 35.5. The maximum Gasteiger partial charge on any atom is 0.257 e. The first-order valence-corrected chi connectivity index (χ1v) is 7.88. The molecule has 1 amide bonds. The molecule has 2 aromatic carbocycles. The Labute approximate surface area is 145 Å². The van der Waals surface area contributed by atoms with Crippen LogP contribution in [0.25, 0.3) is 0 Å². The minimum Gasteiger partial charge on any atom is -0.381 e. The molecule has 0 spiro atoms. The first-order chi connectivity index (χ1) is 11.7. The van der Waals surface area contributed by atoms with Gasteiger partial charge < -0.3 is 10.6 Å². The van der Waals surface area contributed by atoms with Crippen molar-refractivity contribution in [1.29, 1.82) is 0 Å². The van der Waals surface area contributed by atoms with Gasteiger partial charge in [0, 0.05) is 35.3 Å². The summed E-state index contributed by atoms with van der Waals surface area (Å²) in [6.45, 7) is 0.707. The quantitative estimate of drug-likeness (QED) is 0.715. The number of anilines is 2. The van der Waals surface area contributed by atoms with Crippen LogP contribution in [0.4, 0.5) is 11.4 Å². The molecule has 0 aliphatic carbocycles. The first kappa shape index (κ1) is 16.0. The van der Waals surface area contributed by atoms with Gasteiger partial charge in [-0.3, -0.25) is 9.78 Å². The Morgan fingerprint density at radius 2 is 1.67 bits per heavy atom. The third kappa shape index (κ3) is 4.33. The van der Waals surface area contributed by atoms with Gasteiger partial charge in [-0.15, -0.1) is 0 Å². The number of nitrogens with zero attached hydrogens (tertiary/aromatic N) is 1. The molecule has 0 saturated carbocycles. The van der Waals surface area contributed by atoms with Crippen LogP contribution in [-0.2, 0) is 6.54 Å². The van der Waals surface area contributed by atoms with E-state index < -0.39 is 0 Å². The summed E-state index contributed by atoms with van der Waals surface area (Å²) in [4.78, 5) is 16.0. The molecule has 120 valence electrons. The highest BCUT2D eigenvalue weighted by molar-refractivity contribution is 6.30. The predicted molar refractivity (Wildman–Crippen MR) is 97.4 cm³/mol. The van der Waals surface area contributed by atoms with Crippen molar-refractivity contribution < 1.29 is 4.79 Å². The molecule has 1 aromatic heterocycles. The number of halogens is 1. The Bertz CT molecular complexity index is 802. The van der Waals surface area contributed by atoms with Gasteiger partial charge in [-0.2, -0.15) is 0 Å². The number of hydrogen-bond donors (Lipinski definition) is 2. The summed E-state index contributed by atoms with van der Waals surface area (Å²) in [6.07, 6.45) is 3.18. The van der Waals surface area contributed by atoms with E-state index in [1.807, 2.05) is 48.5 Å². The number of nitrogens with one attached hydrogen (secondary N) is 2. The van der Waals surface area contributed by atoms with Crippen LogP contribution in [0.1, 0.15) is 15.9 Å². The van der Waals surface area contributed by atoms with Crippen LogP contribution in [-0.4, -0.2) is 10.9 Å². The number of carbonyl (C=O) groups is 1. The molecule has 0 unspecified atom stereocenters. The number of benzene rings is 2. The Hall–Kier alpha value is -2.85. The van der Waals surface area contributed by atoms with Crippen molar-refractivity contribution in [3.8, 4) is 0 Å². The van der Waals surface area contributed by atoms with Crippen molar-refractivity contribution in [1.82, 2.24) is 4.98 Å². The molecule has 0 fully saturated rings. The summed E-state index contributed by atoms with van der Waals surface area (Å²) < 4.78 is 0. The third-order valence-corrected chi connectivity index (χ3v) is 3.73. The predicted octanol–water partition coefficient (Wildman–Crippen LogP) is 4.60. The van der Waals surface area contributed by atoms with E-state index in [1.165, 1.54) is 6.20 Å². The topological polar surface area (TPSA) is 54.0 Å². The average molecular weight is 338 g/mol. The lowest BCUT2D eigenvalue weighted by Crippen LogP contribution is -2.11. The van der Waals surface area contributed by atoms with Gasteiger partial charge in [-0.05, 0) is 54.1 Å². The molecule has 0 aliphatic heterocycles. The third-order valence-electron chi connectivity index (χ3n) is 3.48. The average Bonchev–Trinajstić information content (AvgIpc) is 2.63. The van der Waals surface area contributed by atoms with Crippen molar-refractivity contribution in [3.05, 3.63) is 89.2 Å². The van der Waals surface area contributed by atoms with Gasteiger partial charge >= 0.3 is 0 Å². The van der Waals surface area contributed by atoms with Crippen LogP contribution in [0.3, 0.4) is 0 Å². The van der Waals surface area contributed by atoms with E-state index in [1.54, 1.807) is 18.3 Å². The van der Waals surface area contributed by atoms with Crippen molar-refractivity contribution in [3.63, 3.8) is 0 Å². The zero-order valence-corrected chi connectivity index (χ0v) is 13.6. The van der Waals surface area contributed by atoms with Gasteiger partial charge in [0.05, 0.1) is 5.56 Å². The maximum atomic E-state index is 12.1. The molecule has 1 heterocycles. The van der Waals surface area contributed by atoms with Crippen molar-refractivity contribution >= 4 is 28.9 Å². The summed E-state index contributed by atoms with van der Waals surface area (Å²) >= 11 is 5.87. The van der Waals surface area contributed by atoms with E-state index in [4.69, 9.17) is 11.6 Å². The Balaban J connectivity index is 1.57. The molecule has 5 heteroatoms. The minimum absolute atomic E-state index is 0.176. The van der Waals surface area contributed by atoms with Gasteiger partial charge in [0.25, 0.3) is 5.91 Å². The summed E-state index contributed by atoms with van der Waals surface area (Å²) in [5.74, 6) is -0.176. The molecule has 0 atom stereocenters. The van der Waals surface area contributed by atoms with E-state index in [0.717, 1.165) is 22.0 Å². The molecule has 0 bridgehead atoms. The number of rotatable bonds is 5. The molecule has 4 nitrogen and oxygen atoms in total. The van der Waals surface area contributed by atoms with Crippen LogP contribution in [0.2, 0.25) is 5.02 Å². The van der Waals surface area contributed by atoms with E-state index in [-0.39, 0.29) is 5.91 Å². The molecule has 3 rings (SSSR count). The van der Waals surface area contributed by atoms with Crippen molar-refractivity contribution in [2.24, 2.45) is 0 Å². The Morgan fingerprint density at radius 3 is 2.33 bits per heavy atom. The fourth-order valence-electron chi connectivity index (χ4n) is 2.18. The van der Waals surface area contributed by atoms with E-state index in [0.29, 0.717) is 12.1 Å². The van der Waals surface area contributed by atoms with Crippen LogP contribution in [0.15, 0.2) is 73.1 Å². The van der Waals surface area contributed by atoms with E-state index in [9.17, 15) is 4.79 Å². The van der Waals surface area contributed by atoms with Gasteiger partial charge in [-0.25, -0.2) is 0 Å². The monoisotopic (exact) mass is 337 g/mol. The second-order valence-electron chi connectivity index (χ2n) is 5.25. The normalized spacial score (nSPS) is 10.2. The highest BCUT2D eigenvalue weighted by Crippen LogP contribution is 2.16. The lowest BCUT2D eigenvalue weighted by atomic mass is 10.2. The number of aromatic nitrogens is 1. The Kier molecular flexibility index (Phi) is 5.08. The van der Waals surface area contributed by atoms with Crippen molar-refractivity contribution in [2.45, 2.75) is 6.54 Å². The second kappa shape index (κ2) is 7.62. The molecule has 24 heavy (non-hydrogen) atoms. The smallest absolute Gasteiger partial charge is 0.257 e. The molecule has 2 N–H and O–H groups in total.